The minimum absolute atomic E-state index is 0.00695. The molecule has 0 fully saturated rings. The van der Waals surface area contributed by atoms with Gasteiger partial charge in [-0.25, -0.2) is 8.42 Å². The summed E-state index contributed by atoms with van der Waals surface area (Å²) in [5.41, 5.74) is 2.04. The summed E-state index contributed by atoms with van der Waals surface area (Å²) in [4.78, 5) is 25.3. The van der Waals surface area contributed by atoms with Gasteiger partial charge in [0.2, 0.25) is 10.0 Å². The maximum Gasteiger partial charge on any atom is 0.255 e. The first-order valence-corrected chi connectivity index (χ1v) is 11.6. The Labute approximate surface area is 193 Å². The number of benzene rings is 3. The van der Waals surface area contributed by atoms with Crippen molar-refractivity contribution < 1.29 is 18.0 Å². The number of para-hydroxylation sites is 1. The molecule has 3 N–H and O–H groups in total. The number of carbonyl (C=O) groups is 2. The third-order valence-electron chi connectivity index (χ3n) is 4.75. The van der Waals surface area contributed by atoms with Crippen LogP contribution in [0.25, 0.3) is 0 Å². The van der Waals surface area contributed by atoms with E-state index in [1.165, 1.54) is 24.3 Å². The summed E-state index contributed by atoms with van der Waals surface area (Å²) in [5.74, 6) is 1.42. The second-order valence-electron chi connectivity index (χ2n) is 7.04. The molecule has 0 saturated heterocycles. The Morgan fingerprint density at radius 2 is 1.52 bits per heavy atom. The van der Waals surface area contributed by atoms with Crippen molar-refractivity contribution >= 4 is 27.5 Å². The molecule has 168 valence electrons. The molecule has 0 aromatic heterocycles. The van der Waals surface area contributed by atoms with E-state index in [1.54, 1.807) is 24.3 Å². The van der Waals surface area contributed by atoms with Crippen molar-refractivity contribution in [2.75, 3.05) is 18.4 Å². The minimum Gasteiger partial charge on any atom is -0.352 e. The number of hydrogen-bond acceptors (Lipinski definition) is 4. The van der Waals surface area contributed by atoms with Crippen molar-refractivity contribution in [3.63, 3.8) is 0 Å². The number of terminal acetylenes is 1. The molecule has 0 atom stereocenters. The van der Waals surface area contributed by atoms with Crippen LogP contribution in [0.2, 0.25) is 0 Å². The van der Waals surface area contributed by atoms with Crippen LogP contribution in [0.15, 0.2) is 83.8 Å². The largest absolute Gasteiger partial charge is 0.352 e. The van der Waals surface area contributed by atoms with Crippen LogP contribution in [-0.2, 0) is 16.4 Å². The average molecular weight is 462 g/mol. The van der Waals surface area contributed by atoms with E-state index in [1.807, 2.05) is 30.3 Å². The van der Waals surface area contributed by atoms with E-state index < -0.39 is 15.9 Å². The highest BCUT2D eigenvalue weighted by atomic mass is 32.2. The van der Waals surface area contributed by atoms with Gasteiger partial charge in [-0.15, -0.1) is 6.42 Å². The average Bonchev–Trinajstić information content (AvgIpc) is 2.84. The highest BCUT2D eigenvalue weighted by molar-refractivity contribution is 7.89. The molecule has 3 rings (SSSR count). The monoisotopic (exact) mass is 461 g/mol. The smallest absolute Gasteiger partial charge is 0.255 e. The van der Waals surface area contributed by atoms with Gasteiger partial charge in [-0.2, -0.15) is 4.72 Å². The van der Waals surface area contributed by atoms with Gasteiger partial charge in [-0.3, -0.25) is 9.59 Å². The van der Waals surface area contributed by atoms with Crippen LogP contribution in [-0.4, -0.2) is 33.3 Å². The topological polar surface area (TPSA) is 104 Å². The molecule has 2 amide bonds. The van der Waals surface area contributed by atoms with E-state index in [0.29, 0.717) is 24.2 Å². The van der Waals surface area contributed by atoms with Crippen molar-refractivity contribution in [1.82, 2.24) is 10.0 Å². The summed E-state index contributed by atoms with van der Waals surface area (Å²) in [7, 11) is -3.75. The van der Waals surface area contributed by atoms with Gasteiger partial charge in [0.05, 0.1) is 22.7 Å². The number of rotatable bonds is 9. The number of sulfonamides is 1. The molecule has 0 radical (unpaired) electrons. The van der Waals surface area contributed by atoms with E-state index in [2.05, 4.69) is 21.3 Å². The maximum atomic E-state index is 12.7. The second kappa shape index (κ2) is 11.1. The molecule has 8 heteroatoms. The maximum absolute atomic E-state index is 12.7. The number of carbonyl (C=O) groups excluding carboxylic acids is 2. The van der Waals surface area contributed by atoms with Crippen LogP contribution in [0.1, 0.15) is 26.3 Å². The molecule has 0 unspecified atom stereocenters. The zero-order valence-corrected chi connectivity index (χ0v) is 18.6. The fourth-order valence-electron chi connectivity index (χ4n) is 3.05. The number of hydrogen-bond donors (Lipinski definition) is 3. The molecule has 0 aliphatic carbocycles. The predicted molar refractivity (Wildman–Crippen MR) is 127 cm³/mol. The molecule has 0 aliphatic heterocycles. The molecular formula is C25H23N3O4S. The summed E-state index contributed by atoms with van der Waals surface area (Å²) < 4.78 is 26.5. The lowest BCUT2D eigenvalue weighted by molar-refractivity contribution is 0.0955. The molecule has 7 nitrogen and oxygen atoms in total. The van der Waals surface area contributed by atoms with Gasteiger partial charge in [-0.05, 0) is 48.4 Å². The Hall–Kier alpha value is -3.93. The zero-order valence-electron chi connectivity index (χ0n) is 17.7. The Kier molecular flexibility index (Phi) is 7.97. The molecule has 0 heterocycles. The first-order valence-electron chi connectivity index (χ1n) is 10.2. The van der Waals surface area contributed by atoms with Crippen LogP contribution in [0.4, 0.5) is 5.69 Å². The molecule has 3 aromatic carbocycles. The fraction of sp³-hybridized carbons (Fsp3) is 0.120. The summed E-state index contributed by atoms with van der Waals surface area (Å²) in [5, 5.41) is 5.58. The molecule has 0 aliphatic rings. The van der Waals surface area contributed by atoms with Gasteiger partial charge in [0.1, 0.15) is 0 Å². The Bertz CT molecular complexity index is 1270. The lowest BCUT2D eigenvalue weighted by Crippen LogP contribution is -2.27. The molecule has 33 heavy (non-hydrogen) atoms. The number of anilines is 1. The van der Waals surface area contributed by atoms with Gasteiger partial charge in [0.25, 0.3) is 11.8 Å². The SMILES string of the molecule is C#CCNS(=O)(=O)c1ccc(C(=O)Nc2ccccc2C(=O)NCCc2ccccc2)cc1. The van der Waals surface area contributed by atoms with Crippen molar-refractivity contribution in [3.8, 4) is 12.3 Å². The Morgan fingerprint density at radius 1 is 0.848 bits per heavy atom. The third-order valence-corrected chi connectivity index (χ3v) is 6.17. The summed E-state index contributed by atoms with van der Waals surface area (Å²) in [6.07, 6.45) is 5.77. The molecular weight excluding hydrogens is 438 g/mol. The molecule has 0 bridgehead atoms. The first-order chi connectivity index (χ1) is 15.9. The van der Waals surface area contributed by atoms with Crippen LogP contribution in [0.3, 0.4) is 0 Å². The highest BCUT2D eigenvalue weighted by Gasteiger charge is 2.16. The standard InChI is InChI=1S/C25H23N3O4S/c1-2-17-27-33(31,32)21-14-12-20(13-15-21)24(29)28-23-11-7-6-10-22(23)25(30)26-18-16-19-8-4-3-5-9-19/h1,3-15,27H,16-18H2,(H,26,30)(H,28,29). The van der Waals surface area contributed by atoms with Crippen LogP contribution in [0.5, 0.6) is 0 Å². The van der Waals surface area contributed by atoms with Crippen LogP contribution in [0, 0.1) is 12.3 Å². The van der Waals surface area contributed by atoms with Gasteiger partial charge in [-0.1, -0.05) is 48.4 Å². The van der Waals surface area contributed by atoms with Crippen LogP contribution >= 0.6 is 0 Å². The Balaban J connectivity index is 1.65. The zero-order chi connectivity index (χ0) is 23.7. The van der Waals surface area contributed by atoms with Gasteiger partial charge in [0, 0.05) is 12.1 Å². The quantitative estimate of drug-likeness (QED) is 0.426. The van der Waals surface area contributed by atoms with Crippen molar-refractivity contribution in [2.45, 2.75) is 11.3 Å². The molecule has 0 saturated carbocycles. The van der Waals surface area contributed by atoms with E-state index in [-0.39, 0.29) is 22.9 Å². The normalized spacial score (nSPS) is 10.8. The summed E-state index contributed by atoms with van der Waals surface area (Å²) in [6, 6.07) is 21.9. The number of nitrogens with one attached hydrogen (secondary N) is 3. The fourth-order valence-corrected chi connectivity index (χ4v) is 3.98. The van der Waals surface area contributed by atoms with Crippen LogP contribution < -0.4 is 15.4 Å². The minimum atomic E-state index is -3.75. The van der Waals surface area contributed by atoms with Crippen molar-refractivity contribution in [1.29, 1.82) is 0 Å². The van der Waals surface area contributed by atoms with E-state index >= 15 is 0 Å². The highest BCUT2D eigenvalue weighted by Crippen LogP contribution is 2.17. The molecule has 3 aromatic rings. The van der Waals surface area contributed by atoms with Crippen molar-refractivity contribution in [3.05, 3.63) is 95.6 Å². The van der Waals surface area contributed by atoms with E-state index in [4.69, 9.17) is 6.42 Å². The van der Waals surface area contributed by atoms with E-state index in [0.717, 1.165) is 5.56 Å². The Morgan fingerprint density at radius 3 is 2.21 bits per heavy atom. The van der Waals surface area contributed by atoms with Gasteiger partial charge >= 0.3 is 0 Å². The summed E-state index contributed by atoms with van der Waals surface area (Å²) >= 11 is 0. The lowest BCUT2D eigenvalue weighted by atomic mass is 10.1. The molecule has 0 spiro atoms. The predicted octanol–water partition coefficient (Wildman–Crippen LogP) is 2.82. The first kappa shape index (κ1) is 23.7. The summed E-state index contributed by atoms with van der Waals surface area (Å²) in [6.45, 7) is 0.323. The number of amides is 2. The van der Waals surface area contributed by atoms with Crippen molar-refractivity contribution in [2.24, 2.45) is 0 Å². The lowest BCUT2D eigenvalue weighted by Gasteiger charge is -2.12. The van der Waals surface area contributed by atoms with E-state index in [9.17, 15) is 18.0 Å². The van der Waals surface area contributed by atoms with Gasteiger partial charge in [0.15, 0.2) is 0 Å². The van der Waals surface area contributed by atoms with Gasteiger partial charge < -0.3 is 10.6 Å². The second-order valence-corrected chi connectivity index (χ2v) is 8.81. The third kappa shape index (κ3) is 6.53.